The normalized spacial score (nSPS) is 12.3. The van der Waals surface area contributed by atoms with E-state index in [1.165, 1.54) is 5.39 Å². The van der Waals surface area contributed by atoms with E-state index >= 15 is 0 Å². The Labute approximate surface area is 146 Å². The number of hydrogen-bond acceptors (Lipinski definition) is 4. The summed E-state index contributed by atoms with van der Waals surface area (Å²) < 4.78 is 12.7. The summed E-state index contributed by atoms with van der Waals surface area (Å²) >= 11 is 1.58. The Kier molecular flexibility index (Phi) is 5.33. The molecular formula is C19H21NO3S. The summed E-state index contributed by atoms with van der Waals surface area (Å²) in [5, 5.41) is 11.6. The lowest BCUT2D eigenvalue weighted by molar-refractivity contribution is 0.180. The molecule has 0 fully saturated rings. The fraction of sp³-hybridized carbons (Fsp3) is 0.263. The number of ether oxygens (including phenoxy) is 2. The average molecular weight is 343 g/mol. The molecule has 2 aromatic carbocycles. The highest BCUT2D eigenvalue weighted by molar-refractivity contribution is 7.99. The van der Waals surface area contributed by atoms with E-state index in [0.717, 1.165) is 21.9 Å². The summed E-state index contributed by atoms with van der Waals surface area (Å²) in [5.74, 6) is 2.11. The molecule has 0 amide bonds. The lowest BCUT2D eigenvalue weighted by atomic mass is 10.2. The third-order valence-electron chi connectivity index (χ3n) is 3.89. The third-order valence-corrected chi connectivity index (χ3v) is 5.09. The second-order valence-electron chi connectivity index (χ2n) is 5.51. The summed E-state index contributed by atoms with van der Waals surface area (Å²) in [6, 6.07) is 16.0. The molecule has 24 heavy (non-hydrogen) atoms. The number of para-hydroxylation sites is 1. The molecule has 1 aromatic heterocycles. The van der Waals surface area contributed by atoms with Crippen molar-refractivity contribution >= 4 is 22.7 Å². The molecule has 1 N–H and O–H groups in total. The minimum Gasteiger partial charge on any atom is -0.497 e. The Morgan fingerprint density at radius 2 is 1.92 bits per heavy atom. The maximum atomic E-state index is 10.4. The van der Waals surface area contributed by atoms with Gasteiger partial charge in [-0.05, 0) is 29.7 Å². The first-order valence-electron chi connectivity index (χ1n) is 7.78. The molecular weight excluding hydrogens is 322 g/mol. The van der Waals surface area contributed by atoms with Crippen LogP contribution in [0.2, 0.25) is 0 Å². The van der Waals surface area contributed by atoms with E-state index in [-0.39, 0.29) is 0 Å². The highest BCUT2D eigenvalue weighted by atomic mass is 32.2. The minimum absolute atomic E-state index is 0.447. The predicted octanol–water partition coefficient (Wildman–Crippen LogP) is 3.81. The number of rotatable bonds is 7. The van der Waals surface area contributed by atoms with Crippen LogP contribution in [0.25, 0.3) is 10.9 Å². The largest absolute Gasteiger partial charge is 0.497 e. The zero-order chi connectivity index (χ0) is 16.9. The minimum atomic E-state index is -0.447. The fourth-order valence-electron chi connectivity index (χ4n) is 2.66. The number of aliphatic hydroxyl groups excluding tert-OH is 1. The number of nitrogens with zero attached hydrogens (tertiary/aromatic N) is 1. The van der Waals surface area contributed by atoms with Gasteiger partial charge in [0, 0.05) is 35.0 Å². The van der Waals surface area contributed by atoms with Gasteiger partial charge in [0.2, 0.25) is 0 Å². The smallest absolute Gasteiger partial charge is 0.136 e. The molecule has 0 aliphatic carbocycles. The number of thioether (sulfide) groups is 1. The molecule has 1 atom stereocenters. The van der Waals surface area contributed by atoms with Crippen molar-refractivity contribution in [3.8, 4) is 11.5 Å². The van der Waals surface area contributed by atoms with Gasteiger partial charge in [0.1, 0.15) is 11.5 Å². The van der Waals surface area contributed by atoms with Crippen molar-refractivity contribution in [2.75, 3.05) is 20.0 Å². The maximum Gasteiger partial charge on any atom is 0.136 e. The third kappa shape index (κ3) is 3.68. The molecule has 0 aliphatic heterocycles. The zero-order valence-corrected chi connectivity index (χ0v) is 14.6. The van der Waals surface area contributed by atoms with Crippen LogP contribution in [-0.4, -0.2) is 35.8 Å². The van der Waals surface area contributed by atoms with Crippen LogP contribution < -0.4 is 9.47 Å². The van der Waals surface area contributed by atoms with Gasteiger partial charge in [0.05, 0.1) is 20.3 Å². The summed E-state index contributed by atoms with van der Waals surface area (Å²) in [4.78, 5) is 0.995. The zero-order valence-electron chi connectivity index (χ0n) is 13.8. The van der Waals surface area contributed by atoms with Crippen LogP contribution in [0, 0.1) is 0 Å². The van der Waals surface area contributed by atoms with E-state index < -0.39 is 6.10 Å². The van der Waals surface area contributed by atoms with Crippen molar-refractivity contribution in [2.24, 2.45) is 0 Å². The monoisotopic (exact) mass is 343 g/mol. The second kappa shape index (κ2) is 7.64. The molecule has 1 heterocycles. The van der Waals surface area contributed by atoms with Crippen LogP contribution in [0.5, 0.6) is 11.5 Å². The standard InChI is InChI=1S/C19H21NO3S/c1-22-16-7-8-19(18(11-16)23-2)24-13-15(21)12-20-10-9-14-5-3-4-6-17(14)20/h3-11,15,21H,12-13H2,1-2H3. The van der Waals surface area contributed by atoms with Crippen molar-refractivity contribution in [2.45, 2.75) is 17.5 Å². The highest BCUT2D eigenvalue weighted by Crippen LogP contribution is 2.33. The Morgan fingerprint density at radius 3 is 2.71 bits per heavy atom. The van der Waals surface area contributed by atoms with Crippen LogP contribution in [-0.2, 0) is 6.54 Å². The molecule has 0 aliphatic rings. The average Bonchev–Trinajstić information content (AvgIpc) is 3.03. The van der Waals surface area contributed by atoms with Crippen LogP contribution >= 0.6 is 11.8 Å². The Hall–Kier alpha value is -2.11. The van der Waals surface area contributed by atoms with E-state index in [9.17, 15) is 5.11 Å². The van der Waals surface area contributed by atoms with E-state index in [1.807, 2.05) is 36.5 Å². The highest BCUT2D eigenvalue weighted by Gasteiger charge is 2.11. The van der Waals surface area contributed by atoms with Gasteiger partial charge < -0.3 is 19.1 Å². The van der Waals surface area contributed by atoms with Gasteiger partial charge in [0.25, 0.3) is 0 Å². The Bertz CT molecular complexity index is 815. The molecule has 0 saturated heterocycles. The van der Waals surface area contributed by atoms with Crippen molar-refractivity contribution in [3.05, 3.63) is 54.7 Å². The lowest BCUT2D eigenvalue weighted by Crippen LogP contribution is -2.17. The number of hydrogen-bond donors (Lipinski definition) is 1. The SMILES string of the molecule is COc1ccc(SCC(O)Cn2ccc3ccccc32)c(OC)c1. The van der Waals surface area contributed by atoms with Crippen molar-refractivity contribution in [1.82, 2.24) is 4.57 Å². The van der Waals surface area contributed by atoms with Crippen molar-refractivity contribution < 1.29 is 14.6 Å². The van der Waals surface area contributed by atoms with Gasteiger partial charge in [0.15, 0.2) is 0 Å². The van der Waals surface area contributed by atoms with Crippen LogP contribution in [0.3, 0.4) is 0 Å². The summed E-state index contributed by atoms with van der Waals surface area (Å²) in [7, 11) is 3.27. The Morgan fingerprint density at radius 1 is 1.08 bits per heavy atom. The molecule has 1 unspecified atom stereocenters. The number of fused-ring (bicyclic) bond motifs is 1. The van der Waals surface area contributed by atoms with E-state index in [2.05, 4.69) is 22.8 Å². The molecule has 126 valence electrons. The number of benzene rings is 2. The summed E-state index contributed by atoms with van der Waals surface area (Å²) in [5.41, 5.74) is 1.14. The molecule has 0 radical (unpaired) electrons. The lowest BCUT2D eigenvalue weighted by Gasteiger charge is -2.14. The van der Waals surface area contributed by atoms with Gasteiger partial charge in [-0.15, -0.1) is 11.8 Å². The molecule has 3 aromatic rings. The van der Waals surface area contributed by atoms with E-state index in [4.69, 9.17) is 9.47 Å². The maximum absolute atomic E-state index is 10.4. The van der Waals surface area contributed by atoms with Gasteiger partial charge in [-0.25, -0.2) is 0 Å². The van der Waals surface area contributed by atoms with Crippen LogP contribution in [0.1, 0.15) is 0 Å². The van der Waals surface area contributed by atoms with Crippen molar-refractivity contribution in [3.63, 3.8) is 0 Å². The molecule has 0 bridgehead atoms. The first-order valence-corrected chi connectivity index (χ1v) is 8.76. The first kappa shape index (κ1) is 16.7. The first-order chi connectivity index (χ1) is 11.7. The topological polar surface area (TPSA) is 43.6 Å². The molecule has 5 heteroatoms. The van der Waals surface area contributed by atoms with Crippen LogP contribution in [0.4, 0.5) is 0 Å². The van der Waals surface area contributed by atoms with Gasteiger partial charge in [-0.1, -0.05) is 18.2 Å². The van der Waals surface area contributed by atoms with Gasteiger partial charge in [-0.3, -0.25) is 0 Å². The van der Waals surface area contributed by atoms with Gasteiger partial charge in [-0.2, -0.15) is 0 Å². The number of aliphatic hydroxyl groups is 1. The number of aromatic nitrogens is 1. The molecule has 0 spiro atoms. The van der Waals surface area contributed by atoms with E-state index in [1.54, 1.807) is 26.0 Å². The molecule has 0 saturated carbocycles. The second-order valence-corrected chi connectivity index (χ2v) is 6.57. The molecule has 4 nitrogen and oxygen atoms in total. The summed E-state index contributed by atoms with van der Waals surface area (Å²) in [6.07, 6.45) is 1.57. The van der Waals surface area contributed by atoms with E-state index in [0.29, 0.717) is 12.3 Å². The van der Waals surface area contributed by atoms with Crippen molar-refractivity contribution in [1.29, 1.82) is 0 Å². The van der Waals surface area contributed by atoms with Gasteiger partial charge >= 0.3 is 0 Å². The number of methoxy groups -OCH3 is 2. The quantitative estimate of drug-likeness (QED) is 0.663. The summed E-state index contributed by atoms with van der Waals surface area (Å²) in [6.45, 7) is 0.568. The van der Waals surface area contributed by atoms with Crippen LogP contribution in [0.15, 0.2) is 59.6 Å². The Balaban J connectivity index is 1.64. The predicted molar refractivity (Wildman–Crippen MR) is 98.2 cm³/mol. The molecule has 3 rings (SSSR count). The fourth-order valence-corrected chi connectivity index (χ4v) is 3.59.